The molecule has 0 aliphatic heterocycles. The highest BCUT2D eigenvalue weighted by Gasteiger charge is 2.47. The summed E-state index contributed by atoms with van der Waals surface area (Å²) in [6.45, 7) is 2.69. The monoisotopic (exact) mass is 554 g/mol. The van der Waals surface area contributed by atoms with Gasteiger partial charge in [-0.05, 0) is 130 Å². The Morgan fingerprint density at radius 1 is 0.892 bits per heavy atom. The van der Waals surface area contributed by atoms with Crippen LogP contribution in [-0.2, 0) is 0 Å². The van der Waals surface area contributed by atoms with Crippen LogP contribution >= 0.6 is 34.8 Å². The Hall–Kier alpha value is -1.94. The minimum absolute atomic E-state index is 0.0402. The summed E-state index contributed by atoms with van der Waals surface area (Å²) in [7, 11) is 0. The van der Waals surface area contributed by atoms with E-state index in [0.29, 0.717) is 27.2 Å². The van der Waals surface area contributed by atoms with E-state index in [9.17, 15) is 4.79 Å². The first-order chi connectivity index (χ1) is 17.9. The molecule has 4 saturated carbocycles. The van der Waals surface area contributed by atoms with E-state index in [4.69, 9.17) is 34.8 Å². The second kappa shape index (κ2) is 10.3. The van der Waals surface area contributed by atoms with Crippen molar-refractivity contribution in [2.75, 3.05) is 6.54 Å². The standard InChI is InChI=1S/C31H33Cl3N2O/c1-18-28(31(37)35-10-2-3-26-21-12-19-11-20(14-21)15-22(26)13-19)17-30(27-9-6-24(33)16-29(27)34)36(18)25-7-4-23(32)5-8-25/h4-9,16-17,19-22,26H,2-3,10-15H2,1H3,(H,35,37). The van der Waals surface area contributed by atoms with E-state index >= 15 is 0 Å². The lowest BCUT2D eigenvalue weighted by Crippen LogP contribution is -2.45. The number of nitrogens with zero attached hydrogens (tertiary/aromatic N) is 1. The fourth-order valence-electron chi connectivity index (χ4n) is 7.80. The van der Waals surface area contributed by atoms with Crippen molar-refractivity contribution >= 4 is 40.7 Å². The van der Waals surface area contributed by atoms with Crippen molar-refractivity contribution < 1.29 is 4.79 Å². The van der Waals surface area contributed by atoms with Gasteiger partial charge in [0.25, 0.3) is 5.91 Å². The topological polar surface area (TPSA) is 34.0 Å². The molecule has 6 heteroatoms. The number of carbonyl (C=O) groups excluding carboxylic acids is 1. The number of amides is 1. The summed E-state index contributed by atoms with van der Waals surface area (Å²) < 4.78 is 2.06. The Bertz CT molecular complexity index is 1280. The van der Waals surface area contributed by atoms with Crippen LogP contribution in [0.5, 0.6) is 0 Å². The second-order valence-electron chi connectivity index (χ2n) is 11.5. The molecular weight excluding hydrogens is 523 g/mol. The number of hydrogen-bond donors (Lipinski definition) is 1. The quantitative estimate of drug-likeness (QED) is 0.290. The summed E-state index contributed by atoms with van der Waals surface area (Å²) in [5.74, 6) is 4.73. The van der Waals surface area contributed by atoms with Crippen molar-refractivity contribution in [1.82, 2.24) is 9.88 Å². The van der Waals surface area contributed by atoms with Crippen molar-refractivity contribution in [3.63, 3.8) is 0 Å². The Labute approximate surface area is 234 Å². The molecule has 0 atom stereocenters. The molecule has 1 aromatic heterocycles. The number of benzene rings is 2. The maximum absolute atomic E-state index is 13.4. The van der Waals surface area contributed by atoms with Crippen LogP contribution in [-0.4, -0.2) is 17.0 Å². The summed E-state index contributed by atoms with van der Waals surface area (Å²) in [5.41, 5.74) is 4.11. The van der Waals surface area contributed by atoms with Crippen LogP contribution in [0.4, 0.5) is 0 Å². The maximum atomic E-state index is 13.4. The predicted molar refractivity (Wildman–Crippen MR) is 153 cm³/mol. The molecule has 1 amide bonds. The molecule has 4 fully saturated rings. The molecule has 0 unspecified atom stereocenters. The van der Waals surface area contributed by atoms with Gasteiger partial charge in [-0.25, -0.2) is 0 Å². The minimum Gasteiger partial charge on any atom is -0.352 e. The van der Waals surface area contributed by atoms with Crippen LogP contribution < -0.4 is 5.32 Å². The fraction of sp³-hybridized carbons (Fsp3) is 0.452. The zero-order valence-electron chi connectivity index (χ0n) is 21.2. The summed E-state index contributed by atoms with van der Waals surface area (Å²) in [5, 5.41) is 5.00. The molecule has 7 rings (SSSR count). The smallest absolute Gasteiger partial charge is 0.253 e. The third-order valence-electron chi connectivity index (χ3n) is 9.21. The molecular formula is C31H33Cl3N2O. The van der Waals surface area contributed by atoms with E-state index in [-0.39, 0.29) is 5.91 Å². The third kappa shape index (κ3) is 4.95. The van der Waals surface area contributed by atoms with E-state index < -0.39 is 0 Å². The third-order valence-corrected chi connectivity index (χ3v) is 10.0. The first kappa shape index (κ1) is 25.3. The lowest BCUT2D eigenvalue weighted by molar-refractivity contribution is -0.0401. The van der Waals surface area contributed by atoms with Gasteiger partial charge in [0.15, 0.2) is 0 Å². The Balaban J connectivity index is 1.19. The van der Waals surface area contributed by atoms with E-state index in [1.165, 1.54) is 38.5 Å². The molecule has 3 nitrogen and oxygen atoms in total. The van der Waals surface area contributed by atoms with Gasteiger partial charge in [-0.3, -0.25) is 4.79 Å². The number of halogens is 3. The van der Waals surface area contributed by atoms with Crippen molar-refractivity contribution in [3.8, 4) is 16.9 Å². The maximum Gasteiger partial charge on any atom is 0.253 e. The van der Waals surface area contributed by atoms with Gasteiger partial charge < -0.3 is 9.88 Å². The molecule has 0 spiro atoms. The first-order valence-electron chi connectivity index (χ1n) is 13.6. The van der Waals surface area contributed by atoms with Crippen LogP contribution in [0, 0.1) is 36.5 Å². The van der Waals surface area contributed by atoms with Gasteiger partial charge in [-0.15, -0.1) is 0 Å². The molecule has 0 radical (unpaired) electrons. The number of hydrogen-bond acceptors (Lipinski definition) is 1. The summed E-state index contributed by atoms with van der Waals surface area (Å²) in [6.07, 6.45) is 9.61. The van der Waals surface area contributed by atoms with Gasteiger partial charge in [-0.1, -0.05) is 34.8 Å². The highest BCUT2D eigenvalue weighted by molar-refractivity contribution is 6.36. The van der Waals surface area contributed by atoms with E-state index in [1.54, 1.807) is 6.07 Å². The highest BCUT2D eigenvalue weighted by Crippen LogP contribution is 2.57. The first-order valence-corrected chi connectivity index (χ1v) is 14.7. The van der Waals surface area contributed by atoms with Gasteiger partial charge >= 0.3 is 0 Å². The molecule has 3 aromatic rings. The Morgan fingerprint density at radius 3 is 2.19 bits per heavy atom. The van der Waals surface area contributed by atoms with Crippen molar-refractivity contribution in [2.24, 2.45) is 29.6 Å². The highest BCUT2D eigenvalue weighted by atomic mass is 35.5. The number of nitrogens with one attached hydrogen (secondary N) is 1. The fourth-order valence-corrected chi connectivity index (χ4v) is 8.43. The Morgan fingerprint density at radius 2 is 1.54 bits per heavy atom. The van der Waals surface area contributed by atoms with Crippen molar-refractivity contribution in [1.29, 1.82) is 0 Å². The second-order valence-corrected chi connectivity index (χ2v) is 12.7. The number of aromatic nitrogens is 1. The molecule has 4 aliphatic carbocycles. The summed E-state index contributed by atoms with van der Waals surface area (Å²) in [6, 6.07) is 15.0. The van der Waals surface area contributed by atoms with Crippen LogP contribution in [0.3, 0.4) is 0 Å². The number of carbonyl (C=O) groups is 1. The molecule has 0 saturated heterocycles. The lowest BCUT2D eigenvalue weighted by Gasteiger charge is -2.54. The normalized spacial score (nSPS) is 26.0. The van der Waals surface area contributed by atoms with E-state index in [1.807, 2.05) is 49.4 Å². The average Bonchev–Trinajstić information content (AvgIpc) is 3.20. The van der Waals surface area contributed by atoms with Gasteiger partial charge in [0.1, 0.15) is 0 Å². The number of rotatable bonds is 7. The van der Waals surface area contributed by atoms with Gasteiger partial charge in [0, 0.05) is 33.5 Å². The van der Waals surface area contributed by atoms with Crippen LogP contribution in [0.1, 0.15) is 61.0 Å². The Kier molecular flexibility index (Phi) is 7.07. The molecule has 4 aliphatic rings. The average molecular weight is 556 g/mol. The van der Waals surface area contributed by atoms with Crippen LogP contribution in [0.25, 0.3) is 16.9 Å². The van der Waals surface area contributed by atoms with Crippen molar-refractivity contribution in [3.05, 3.63) is 74.9 Å². The van der Waals surface area contributed by atoms with Gasteiger partial charge in [-0.2, -0.15) is 0 Å². The predicted octanol–water partition coefficient (Wildman–Crippen LogP) is 9.00. The zero-order chi connectivity index (χ0) is 25.7. The van der Waals surface area contributed by atoms with E-state index in [0.717, 1.165) is 58.6 Å². The van der Waals surface area contributed by atoms with Gasteiger partial charge in [0.05, 0.1) is 16.3 Å². The molecule has 4 bridgehead atoms. The van der Waals surface area contributed by atoms with Gasteiger partial charge in [0.2, 0.25) is 0 Å². The zero-order valence-corrected chi connectivity index (χ0v) is 23.4. The van der Waals surface area contributed by atoms with E-state index in [2.05, 4.69) is 9.88 Å². The molecule has 2 aromatic carbocycles. The molecule has 194 valence electrons. The summed E-state index contributed by atoms with van der Waals surface area (Å²) >= 11 is 18.9. The van der Waals surface area contributed by atoms with Crippen molar-refractivity contribution in [2.45, 2.75) is 51.9 Å². The molecule has 1 heterocycles. The van der Waals surface area contributed by atoms with Crippen LogP contribution in [0.2, 0.25) is 15.1 Å². The van der Waals surface area contributed by atoms with Crippen LogP contribution in [0.15, 0.2) is 48.5 Å². The summed E-state index contributed by atoms with van der Waals surface area (Å²) in [4.78, 5) is 13.4. The minimum atomic E-state index is -0.0402. The molecule has 1 N–H and O–H groups in total. The largest absolute Gasteiger partial charge is 0.352 e. The SMILES string of the molecule is Cc1c(C(=O)NCCCC2C3CC4CC(C3)CC2C4)cc(-c2ccc(Cl)cc2Cl)n1-c1ccc(Cl)cc1. The molecule has 37 heavy (non-hydrogen) atoms. The lowest BCUT2D eigenvalue weighted by atomic mass is 9.51.